The SMILES string of the molecule is CC1(C)c2ccccc2-c2ccc3c(c21)C(c1ccccc1)(c1ccccc1)c1ccccc1-3. The van der Waals surface area contributed by atoms with Crippen LogP contribution in [0, 0.1) is 0 Å². The van der Waals surface area contributed by atoms with Gasteiger partial charge in [-0.3, -0.25) is 0 Å². The van der Waals surface area contributed by atoms with Crippen LogP contribution in [0.5, 0.6) is 0 Å². The molecule has 2 aliphatic carbocycles. The molecule has 0 aromatic heterocycles. The summed E-state index contributed by atoms with van der Waals surface area (Å²) >= 11 is 0. The van der Waals surface area contributed by atoms with Crippen LogP contribution in [0.4, 0.5) is 0 Å². The van der Waals surface area contributed by atoms with Crippen molar-refractivity contribution in [1.29, 1.82) is 0 Å². The van der Waals surface area contributed by atoms with Crippen molar-refractivity contribution in [3.63, 3.8) is 0 Å². The molecule has 0 fully saturated rings. The number of benzene rings is 5. The van der Waals surface area contributed by atoms with Crippen molar-refractivity contribution in [2.45, 2.75) is 24.7 Å². The van der Waals surface area contributed by atoms with E-state index in [9.17, 15) is 0 Å². The van der Waals surface area contributed by atoms with Crippen LogP contribution in [0.2, 0.25) is 0 Å². The van der Waals surface area contributed by atoms with Crippen molar-refractivity contribution in [2.24, 2.45) is 0 Å². The summed E-state index contributed by atoms with van der Waals surface area (Å²) < 4.78 is 0. The highest BCUT2D eigenvalue weighted by Crippen LogP contribution is 2.62. The lowest BCUT2D eigenvalue weighted by atomic mass is 9.64. The summed E-state index contributed by atoms with van der Waals surface area (Å²) in [6.45, 7) is 4.81. The monoisotopic (exact) mass is 434 g/mol. The highest BCUT2D eigenvalue weighted by molar-refractivity contribution is 5.94. The molecule has 0 saturated carbocycles. The van der Waals surface area contributed by atoms with Crippen LogP contribution < -0.4 is 0 Å². The van der Waals surface area contributed by atoms with Crippen molar-refractivity contribution in [2.75, 3.05) is 0 Å². The maximum absolute atomic E-state index is 2.40. The van der Waals surface area contributed by atoms with Crippen molar-refractivity contribution in [1.82, 2.24) is 0 Å². The molecular formula is C34H26. The molecule has 0 bridgehead atoms. The van der Waals surface area contributed by atoms with Gasteiger partial charge in [0, 0.05) is 5.41 Å². The van der Waals surface area contributed by atoms with Gasteiger partial charge < -0.3 is 0 Å². The van der Waals surface area contributed by atoms with Gasteiger partial charge in [0.05, 0.1) is 5.41 Å². The van der Waals surface area contributed by atoms with Gasteiger partial charge in [-0.1, -0.05) is 135 Å². The molecule has 0 N–H and O–H groups in total. The maximum Gasteiger partial charge on any atom is 0.0716 e. The van der Waals surface area contributed by atoms with E-state index in [0.717, 1.165) is 0 Å². The van der Waals surface area contributed by atoms with Crippen molar-refractivity contribution < 1.29 is 0 Å². The summed E-state index contributed by atoms with van der Waals surface area (Å²) in [5.41, 5.74) is 13.4. The summed E-state index contributed by atoms with van der Waals surface area (Å²) in [5.74, 6) is 0. The minimum absolute atomic E-state index is 0.0892. The van der Waals surface area contributed by atoms with E-state index >= 15 is 0 Å². The smallest absolute Gasteiger partial charge is 0.0622 e. The molecule has 0 heterocycles. The summed E-state index contributed by atoms with van der Waals surface area (Å²) in [6.07, 6.45) is 0. The molecule has 0 nitrogen and oxygen atoms in total. The number of hydrogen-bond donors (Lipinski definition) is 0. The van der Waals surface area contributed by atoms with Gasteiger partial charge in [-0.25, -0.2) is 0 Å². The Morgan fingerprint density at radius 2 is 0.824 bits per heavy atom. The fourth-order valence-corrected chi connectivity index (χ4v) is 6.81. The third-order valence-electron chi connectivity index (χ3n) is 8.13. The fraction of sp³-hybridized carbons (Fsp3) is 0.118. The number of fused-ring (bicyclic) bond motifs is 7. The van der Waals surface area contributed by atoms with Gasteiger partial charge in [0.2, 0.25) is 0 Å². The van der Waals surface area contributed by atoms with Crippen LogP contribution in [-0.2, 0) is 10.8 Å². The summed E-state index contributed by atoms with van der Waals surface area (Å²) in [5, 5.41) is 0. The molecule has 34 heavy (non-hydrogen) atoms. The van der Waals surface area contributed by atoms with Crippen LogP contribution in [-0.4, -0.2) is 0 Å². The lowest BCUT2D eigenvalue weighted by molar-refractivity contribution is 0.633. The quantitative estimate of drug-likeness (QED) is 0.257. The second-order valence-corrected chi connectivity index (χ2v) is 10.1. The first kappa shape index (κ1) is 19.6. The minimum Gasteiger partial charge on any atom is -0.0622 e. The average molecular weight is 435 g/mol. The summed E-state index contributed by atoms with van der Waals surface area (Å²) in [4.78, 5) is 0. The zero-order valence-electron chi connectivity index (χ0n) is 19.5. The van der Waals surface area contributed by atoms with E-state index in [2.05, 4.69) is 135 Å². The first-order valence-corrected chi connectivity index (χ1v) is 12.1. The zero-order chi connectivity index (χ0) is 22.9. The molecular weight excluding hydrogens is 408 g/mol. The largest absolute Gasteiger partial charge is 0.0716 e. The molecule has 0 spiro atoms. The third kappa shape index (κ3) is 2.28. The Balaban J connectivity index is 1.71. The molecule has 0 radical (unpaired) electrons. The standard InChI is InChI=1S/C34H26/c1-33(2)29-19-11-9-17-25(29)27-21-22-28-26-18-10-12-20-30(26)34(32(28)31(27)33,23-13-5-3-6-14-23)24-15-7-4-8-16-24/h3-22H,1-2H3. The van der Waals surface area contributed by atoms with Crippen LogP contribution in [0.1, 0.15) is 47.2 Å². The van der Waals surface area contributed by atoms with E-state index < -0.39 is 0 Å². The molecule has 7 rings (SSSR count). The highest BCUT2D eigenvalue weighted by Gasteiger charge is 2.51. The first-order chi connectivity index (χ1) is 16.6. The van der Waals surface area contributed by atoms with Crippen molar-refractivity contribution in [3.8, 4) is 22.3 Å². The topological polar surface area (TPSA) is 0 Å². The van der Waals surface area contributed by atoms with Gasteiger partial charge in [0.15, 0.2) is 0 Å². The lowest BCUT2D eigenvalue weighted by Gasteiger charge is -2.37. The molecule has 0 heteroatoms. The van der Waals surface area contributed by atoms with Gasteiger partial charge in [0.1, 0.15) is 0 Å². The van der Waals surface area contributed by atoms with E-state index in [-0.39, 0.29) is 10.8 Å². The molecule has 2 aliphatic rings. The van der Waals surface area contributed by atoms with Crippen LogP contribution in [0.3, 0.4) is 0 Å². The summed E-state index contributed by atoms with van der Waals surface area (Å²) in [6, 6.07) is 45.0. The van der Waals surface area contributed by atoms with Gasteiger partial charge in [-0.15, -0.1) is 0 Å². The molecule has 0 saturated heterocycles. The Hall–Kier alpha value is -3.90. The van der Waals surface area contributed by atoms with E-state index in [4.69, 9.17) is 0 Å². The van der Waals surface area contributed by atoms with E-state index in [1.54, 1.807) is 0 Å². The second kappa shape index (κ2) is 6.81. The van der Waals surface area contributed by atoms with Gasteiger partial charge >= 0.3 is 0 Å². The first-order valence-electron chi connectivity index (χ1n) is 12.1. The fourth-order valence-electron chi connectivity index (χ4n) is 6.81. The van der Waals surface area contributed by atoms with Gasteiger partial charge in [-0.05, 0) is 55.6 Å². The predicted octanol–water partition coefficient (Wildman–Crippen LogP) is 8.36. The molecule has 0 unspecified atom stereocenters. The van der Waals surface area contributed by atoms with E-state index in [1.165, 1.54) is 55.6 Å². The summed E-state index contributed by atoms with van der Waals surface area (Å²) in [7, 11) is 0. The van der Waals surface area contributed by atoms with Crippen LogP contribution in [0.15, 0.2) is 121 Å². The lowest BCUT2D eigenvalue weighted by Crippen LogP contribution is -2.32. The average Bonchev–Trinajstić information content (AvgIpc) is 3.32. The molecule has 5 aromatic carbocycles. The Morgan fingerprint density at radius 3 is 1.41 bits per heavy atom. The maximum atomic E-state index is 2.40. The normalized spacial score (nSPS) is 15.8. The van der Waals surface area contributed by atoms with E-state index in [1.807, 2.05) is 0 Å². The van der Waals surface area contributed by atoms with Crippen LogP contribution in [0.25, 0.3) is 22.3 Å². The number of hydrogen-bond acceptors (Lipinski definition) is 0. The van der Waals surface area contributed by atoms with Crippen molar-refractivity contribution >= 4 is 0 Å². The molecule has 0 amide bonds. The zero-order valence-corrected chi connectivity index (χ0v) is 19.5. The Bertz CT molecular complexity index is 1520. The Kier molecular flexibility index (Phi) is 3.92. The van der Waals surface area contributed by atoms with Gasteiger partial charge in [-0.2, -0.15) is 0 Å². The molecule has 0 aliphatic heterocycles. The van der Waals surface area contributed by atoms with Crippen LogP contribution >= 0.6 is 0 Å². The Labute approximate surface area is 201 Å². The second-order valence-electron chi connectivity index (χ2n) is 10.1. The van der Waals surface area contributed by atoms with Crippen molar-refractivity contribution in [3.05, 3.63) is 155 Å². The van der Waals surface area contributed by atoms with Gasteiger partial charge in [0.25, 0.3) is 0 Å². The minimum atomic E-state index is -0.362. The molecule has 162 valence electrons. The molecule has 0 atom stereocenters. The predicted molar refractivity (Wildman–Crippen MR) is 141 cm³/mol. The number of rotatable bonds is 2. The van der Waals surface area contributed by atoms with E-state index in [0.29, 0.717) is 0 Å². The third-order valence-corrected chi connectivity index (χ3v) is 8.13. The highest BCUT2D eigenvalue weighted by atomic mass is 14.5. The molecule has 5 aromatic rings. The Morgan fingerprint density at radius 1 is 0.382 bits per heavy atom.